The van der Waals surface area contributed by atoms with Gasteiger partial charge in [-0.05, 0) is 115 Å². The number of nitrogens with zero attached hydrogens (tertiary/aromatic N) is 3. The van der Waals surface area contributed by atoms with E-state index in [0.717, 1.165) is 108 Å². The summed E-state index contributed by atoms with van der Waals surface area (Å²) in [5.41, 5.74) is 1.16. The lowest BCUT2D eigenvalue weighted by Gasteiger charge is -2.61. The molecule has 22 nitrogen and oxygen atoms in total. The molecule has 22 heteroatoms. The molecule has 2 saturated heterocycles. The third-order valence-corrected chi connectivity index (χ3v) is 17.9. The summed E-state index contributed by atoms with van der Waals surface area (Å²) in [6, 6.07) is 0. The minimum Gasteiger partial charge on any atom is -0.463 e. The van der Waals surface area contributed by atoms with E-state index in [2.05, 4.69) is 44.9 Å². The summed E-state index contributed by atoms with van der Waals surface area (Å²) in [7, 11) is 0. The van der Waals surface area contributed by atoms with Crippen LogP contribution in [0.4, 0.5) is 0 Å². The van der Waals surface area contributed by atoms with Crippen LogP contribution in [0.2, 0.25) is 0 Å². The smallest absolute Gasteiger partial charge is 0.303 e. The van der Waals surface area contributed by atoms with Gasteiger partial charge < -0.3 is 56.9 Å². The molecule has 19 atom stereocenters. The van der Waals surface area contributed by atoms with Crippen LogP contribution in [0.25, 0.3) is 0 Å². The van der Waals surface area contributed by atoms with Crippen LogP contribution in [0.3, 0.4) is 0 Å². The van der Waals surface area contributed by atoms with Crippen LogP contribution in [0, 0.1) is 52.3 Å². The van der Waals surface area contributed by atoms with Gasteiger partial charge in [0.25, 0.3) is 6.29 Å². The van der Waals surface area contributed by atoms with Gasteiger partial charge in [-0.2, -0.15) is 0 Å². The molecule has 0 N–H and O–H groups in total. The Bertz CT molecular complexity index is 2280. The molecule has 7 rings (SSSR count). The molecule has 78 heavy (non-hydrogen) atoms. The van der Waals surface area contributed by atoms with Crippen LogP contribution in [0.5, 0.6) is 0 Å². The summed E-state index contributed by atoms with van der Waals surface area (Å²) in [6.07, 6.45) is 0.228. The Morgan fingerprint density at radius 3 is 1.76 bits per heavy atom. The largest absolute Gasteiger partial charge is 0.463 e. The van der Waals surface area contributed by atoms with Crippen molar-refractivity contribution in [3.63, 3.8) is 0 Å². The highest BCUT2D eigenvalue weighted by atomic mass is 16.8. The van der Waals surface area contributed by atoms with E-state index in [-0.39, 0.29) is 18.1 Å². The van der Waals surface area contributed by atoms with Crippen LogP contribution < -0.4 is 4.84 Å². The average Bonchev–Trinajstić information content (AvgIpc) is 4.13. The summed E-state index contributed by atoms with van der Waals surface area (Å²) in [5, 5.41) is 8.45. The summed E-state index contributed by atoms with van der Waals surface area (Å²) in [6.45, 7) is 19.0. The molecule has 3 heterocycles. The third kappa shape index (κ3) is 14.5. The van der Waals surface area contributed by atoms with E-state index in [1.807, 2.05) is 0 Å². The van der Waals surface area contributed by atoms with E-state index in [0.29, 0.717) is 17.0 Å². The first-order chi connectivity index (χ1) is 36.9. The van der Waals surface area contributed by atoms with Crippen molar-refractivity contribution in [2.24, 2.45) is 52.3 Å². The minimum absolute atomic E-state index is 0.0305. The lowest BCUT2D eigenvalue weighted by atomic mass is 9.44. The molecule has 1 aromatic rings. The van der Waals surface area contributed by atoms with Crippen molar-refractivity contribution in [1.82, 2.24) is 15.2 Å². The number of aromatic nitrogens is 3. The molecule has 6 fully saturated rings. The van der Waals surface area contributed by atoms with Gasteiger partial charge in [0, 0.05) is 48.5 Å². The highest BCUT2D eigenvalue weighted by molar-refractivity contribution is 5.69. The van der Waals surface area contributed by atoms with E-state index in [9.17, 15) is 33.6 Å². The zero-order valence-corrected chi connectivity index (χ0v) is 47.7. The molecule has 0 amide bonds. The van der Waals surface area contributed by atoms with Crippen molar-refractivity contribution >= 4 is 41.8 Å². The fraction of sp³-hybridized carbons (Fsp3) is 0.839. The maximum Gasteiger partial charge on any atom is 0.303 e. The first-order valence-corrected chi connectivity index (χ1v) is 28.2. The number of rotatable bonds is 21. The second-order valence-electron chi connectivity index (χ2n) is 23.8. The van der Waals surface area contributed by atoms with Crippen LogP contribution >= 0.6 is 0 Å². The Morgan fingerprint density at radius 1 is 0.615 bits per heavy atom. The van der Waals surface area contributed by atoms with E-state index < -0.39 is 116 Å². The van der Waals surface area contributed by atoms with E-state index in [4.69, 9.17) is 56.9 Å². The van der Waals surface area contributed by atoms with E-state index >= 15 is 0 Å². The molecule has 0 bridgehead atoms. The van der Waals surface area contributed by atoms with Crippen LogP contribution in [-0.4, -0.2) is 138 Å². The number of carbonyl (C=O) groups excluding carboxylic acids is 7. The van der Waals surface area contributed by atoms with E-state index in [1.54, 1.807) is 0 Å². The van der Waals surface area contributed by atoms with Gasteiger partial charge >= 0.3 is 41.8 Å². The van der Waals surface area contributed by atoms with Gasteiger partial charge in [-0.1, -0.05) is 58.7 Å². The third-order valence-electron chi connectivity index (χ3n) is 17.9. The van der Waals surface area contributed by atoms with Crippen molar-refractivity contribution in [3.05, 3.63) is 11.9 Å². The number of ether oxygens (including phenoxy) is 11. The maximum atomic E-state index is 13.0. The van der Waals surface area contributed by atoms with Gasteiger partial charge in [0.05, 0.1) is 18.9 Å². The van der Waals surface area contributed by atoms with Crippen molar-refractivity contribution in [1.29, 1.82) is 0 Å². The van der Waals surface area contributed by atoms with Gasteiger partial charge in [0.15, 0.2) is 30.7 Å². The molecule has 6 aliphatic rings. The molecule has 0 spiro atoms. The van der Waals surface area contributed by atoms with E-state index in [1.165, 1.54) is 64.0 Å². The fourth-order valence-electron chi connectivity index (χ4n) is 14.7. The normalized spacial score (nSPS) is 36.6. The molecule has 2 aliphatic heterocycles. The van der Waals surface area contributed by atoms with Crippen LogP contribution in [-0.2, 0) is 92.3 Å². The Labute approximate surface area is 457 Å². The first kappa shape index (κ1) is 60.7. The lowest BCUT2D eigenvalue weighted by Crippen LogP contribution is -2.68. The fourth-order valence-corrected chi connectivity index (χ4v) is 14.7. The van der Waals surface area contributed by atoms with Gasteiger partial charge in [-0.3, -0.25) is 33.6 Å². The van der Waals surface area contributed by atoms with Gasteiger partial charge in [0.1, 0.15) is 37.2 Å². The Kier molecular flexibility index (Phi) is 20.3. The molecule has 4 saturated carbocycles. The number of carbonyl (C=O) groups is 7. The molecule has 4 aliphatic carbocycles. The number of hydrogen-bond donors (Lipinski definition) is 0. The quantitative estimate of drug-likeness (QED) is 0.0961. The zero-order valence-electron chi connectivity index (χ0n) is 47.7. The highest BCUT2D eigenvalue weighted by Gasteiger charge is 2.62. The van der Waals surface area contributed by atoms with Gasteiger partial charge in [0.2, 0.25) is 6.10 Å². The molecular formula is C56H85N3O19. The SMILES string of the molecule is CC(=O)OC[C@H]1O[C@@H](O[C@H]2[C@H](OC(C)=O)[C@@H](OC(C)=O)[C@@H](On3cc(CO[C@H]4CC[C@@]5(C)C(CC[C@H]6[C@@H]7CC[C@H]([C@H](C)CCCC(C)C)[C@@]7(C)CC[C@@H]65)C4)nn3)O[C@@H]2COC(C)=O)[C@H](OC(C)=O)[C@@H](OC(C)=O)[C@H]1OC(C)=O. The average molecular weight is 1100 g/mol. The Hall–Kier alpha value is -4.93. The van der Waals surface area contributed by atoms with Gasteiger partial charge in [-0.25, -0.2) is 0 Å². The molecular weight excluding hydrogens is 1020 g/mol. The van der Waals surface area contributed by atoms with Crippen LogP contribution in [0.15, 0.2) is 6.20 Å². The topological polar surface area (TPSA) is 261 Å². The minimum atomic E-state index is -1.83. The van der Waals surface area contributed by atoms with Gasteiger partial charge in [-0.15, -0.1) is 5.10 Å². The predicted molar refractivity (Wildman–Crippen MR) is 271 cm³/mol. The summed E-state index contributed by atoms with van der Waals surface area (Å²) in [4.78, 5) is 94.9. The summed E-state index contributed by atoms with van der Waals surface area (Å²) in [5.74, 6) is -0.651. The Morgan fingerprint density at radius 2 is 1.15 bits per heavy atom. The summed E-state index contributed by atoms with van der Waals surface area (Å²) >= 11 is 0. The zero-order chi connectivity index (χ0) is 56.8. The molecule has 0 radical (unpaired) electrons. The molecule has 1 aromatic heterocycles. The molecule has 438 valence electrons. The lowest BCUT2D eigenvalue weighted by molar-refractivity contribution is -0.361. The Balaban J connectivity index is 1.05. The maximum absolute atomic E-state index is 13.0. The highest BCUT2D eigenvalue weighted by Crippen LogP contribution is 2.68. The predicted octanol–water partition coefficient (Wildman–Crippen LogP) is 6.33. The monoisotopic (exact) mass is 1100 g/mol. The number of fused-ring (bicyclic) bond motifs is 5. The summed E-state index contributed by atoms with van der Waals surface area (Å²) < 4.78 is 64.3. The van der Waals surface area contributed by atoms with Crippen LogP contribution in [0.1, 0.15) is 166 Å². The number of hydrogen-bond acceptors (Lipinski definition) is 21. The standard InChI is InChI=1S/C56H85N3O19/c1-29(2)14-13-15-30(3)42-18-19-43-41-17-16-38-24-40(20-22-55(38,11)44(41)21-23-56(42,43)12)69-26-39-25-59(58-57-39)78-54-52(74-37(10)66)50(72-35(8)64)48(46(76-54)28-68-32(5)61)77-53-51(73-36(9)65)49(71-34(7)63)47(70-33(6)62)45(75-53)27-67-31(4)60/h25,29-30,38,40-54H,13-24,26-28H2,1-12H3/t30-,38?,40+,41+,42-,43+,44+,45-,46-,47+,48-,49+,50+,51-,52-,53+,54-,55+,56-/m1/s1. The van der Waals surface area contributed by atoms with Crippen molar-refractivity contribution < 1.29 is 90.5 Å². The number of esters is 7. The first-order valence-electron chi connectivity index (χ1n) is 28.2. The van der Waals surface area contributed by atoms with Crippen molar-refractivity contribution in [2.45, 2.75) is 234 Å². The second-order valence-corrected chi connectivity index (χ2v) is 23.8. The molecule has 1 unspecified atom stereocenters. The molecule has 0 aromatic carbocycles. The van der Waals surface area contributed by atoms with Crippen molar-refractivity contribution in [2.75, 3.05) is 13.2 Å². The second kappa shape index (κ2) is 26.1. The van der Waals surface area contributed by atoms with Crippen molar-refractivity contribution in [3.8, 4) is 0 Å².